The van der Waals surface area contributed by atoms with Crippen molar-refractivity contribution >= 4 is 44.2 Å². The summed E-state index contributed by atoms with van der Waals surface area (Å²) in [7, 11) is -2.01. The molecule has 0 amide bonds. The van der Waals surface area contributed by atoms with E-state index in [-0.39, 0.29) is 23.2 Å². The summed E-state index contributed by atoms with van der Waals surface area (Å²) in [5.74, 6) is 0.773. The monoisotopic (exact) mass is 511 g/mol. The van der Waals surface area contributed by atoms with Crippen molar-refractivity contribution in [2.75, 3.05) is 29.8 Å². The fourth-order valence-corrected chi connectivity index (χ4v) is 5.26. The first kappa shape index (κ1) is 23.1. The molecule has 0 atom stereocenters. The number of likely N-dealkylation sites (N-methyl/N-ethyl adjacent to an activating group) is 1. The molecular weight excluding hydrogens is 490 g/mol. The van der Waals surface area contributed by atoms with Crippen LogP contribution in [0.3, 0.4) is 0 Å². The number of aromatic nitrogens is 3. The molecule has 4 aromatic rings. The zero-order chi connectivity index (χ0) is 24.6. The minimum absolute atomic E-state index is 0.0417. The number of pyridine rings is 1. The van der Waals surface area contributed by atoms with Crippen LogP contribution in [0.5, 0.6) is 11.6 Å². The van der Waals surface area contributed by atoms with Crippen LogP contribution in [0.15, 0.2) is 59.8 Å². The molecule has 1 N–H and O–H groups in total. The van der Waals surface area contributed by atoms with E-state index in [0.29, 0.717) is 28.2 Å². The third-order valence-electron chi connectivity index (χ3n) is 5.67. The van der Waals surface area contributed by atoms with Gasteiger partial charge in [-0.2, -0.15) is 0 Å². The van der Waals surface area contributed by atoms with Crippen LogP contribution in [0.4, 0.5) is 11.5 Å². The Hall–Kier alpha value is -3.63. The van der Waals surface area contributed by atoms with Crippen molar-refractivity contribution in [2.45, 2.75) is 18.4 Å². The molecule has 1 aliphatic heterocycles. The van der Waals surface area contributed by atoms with Crippen LogP contribution in [0.1, 0.15) is 11.1 Å². The van der Waals surface area contributed by atoms with Crippen molar-refractivity contribution in [1.82, 2.24) is 15.0 Å². The van der Waals surface area contributed by atoms with Gasteiger partial charge in [-0.25, -0.2) is 18.4 Å². The zero-order valence-electron chi connectivity index (χ0n) is 19.0. The molecule has 35 heavy (non-hydrogen) atoms. The molecule has 1 aliphatic rings. The number of nitrogens with zero attached hydrogens (tertiary/aromatic N) is 4. The average molecular weight is 512 g/mol. The molecule has 0 aliphatic carbocycles. The summed E-state index contributed by atoms with van der Waals surface area (Å²) < 4.78 is 40.6. The van der Waals surface area contributed by atoms with E-state index in [9.17, 15) is 8.42 Å². The van der Waals surface area contributed by atoms with Gasteiger partial charge < -0.3 is 14.4 Å². The Morgan fingerprint density at radius 2 is 2.03 bits per heavy atom. The first-order valence-electron chi connectivity index (χ1n) is 10.8. The average Bonchev–Trinajstić information content (AvgIpc) is 2.84. The van der Waals surface area contributed by atoms with Gasteiger partial charge in [0, 0.05) is 18.3 Å². The van der Waals surface area contributed by atoms with Crippen LogP contribution in [-0.2, 0) is 16.6 Å². The third-order valence-corrected chi connectivity index (χ3v) is 7.56. The number of benzene rings is 2. The minimum Gasteiger partial charge on any atom is -0.490 e. The number of halogens is 1. The Bertz CT molecular complexity index is 1530. The third kappa shape index (κ3) is 4.67. The summed E-state index contributed by atoms with van der Waals surface area (Å²) in [6.45, 7) is 3.20. The van der Waals surface area contributed by atoms with Gasteiger partial charge in [0.15, 0.2) is 0 Å². The standard InChI is InChI=1S/C24H22ClN5O4S/c1-15-17(25)4-3-5-22(15)35(31,32)29-23-24(28-18-8-9-26-13-19(18)27-23)34-14-16-6-7-20-21(12-16)33-11-10-30(20)2/h3-9,12-13H,10-11,14H2,1-2H3,(H,27,29). The normalized spacial score (nSPS) is 13.3. The molecule has 2 aromatic heterocycles. The molecule has 11 heteroatoms. The maximum absolute atomic E-state index is 13.2. The Morgan fingerprint density at radius 3 is 2.89 bits per heavy atom. The van der Waals surface area contributed by atoms with Crippen molar-refractivity contribution in [2.24, 2.45) is 0 Å². The van der Waals surface area contributed by atoms with Crippen LogP contribution >= 0.6 is 11.6 Å². The van der Waals surface area contributed by atoms with Crippen LogP contribution < -0.4 is 19.1 Å². The number of nitrogens with one attached hydrogen (secondary N) is 1. The second-order valence-corrected chi connectivity index (χ2v) is 10.1. The number of fused-ring (bicyclic) bond motifs is 2. The fraction of sp³-hybridized carbons (Fsp3) is 0.208. The predicted molar refractivity (Wildman–Crippen MR) is 134 cm³/mol. The molecule has 0 spiro atoms. The van der Waals surface area contributed by atoms with Crippen molar-refractivity contribution in [3.05, 3.63) is 71.0 Å². The van der Waals surface area contributed by atoms with Crippen molar-refractivity contribution in [3.63, 3.8) is 0 Å². The van der Waals surface area contributed by atoms with Gasteiger partial charge in [0.25, 0.3) is 15.9 Å². The molecule has 0 radical (unpaired) electrons. The maximum atomic E-state index is 13.2. The molecule has 0 fully saturated rings. The van der Waals surface area contributed by atoms with E-state index in [2.05, 4.69) is 24.6 Å². The summed E-state index contributed by atoms with van der Waals surface area (Å²) >= 11 is 6.14. The summed E-state index contributed by atoms with van der Waals surface area (Å²) in [4.78, 5) is 15.1. The first-order valence-corrected chi connectivity index (χ1v) is 12.7. The lowest BCUT2D eigenvalue weighted by Gasteiger charge is -2.28. The fourth-order valence-electron chi connectivity index (χ4n) is 3.76. The molecule has 0 unspecified atom stereocenters. The van der Waals surface area contributed by atoms with Crippen molar-refractivity contribution in [1.29, 1.82) is 0 Å². The van der Waals surface area contributed by atoms with E-state index >= 15 is 0 Å². The highest BCUT2D eigenvalue weighted by Gasteiger charge is 2.23. The van der Waals surface area contributed by atoms with Crippen LogP contribution in [0.2, 0.25) is 5.02 Å². The molecule has 5 rings (SSSR count). The van der Waals surface area contributed by atoms with E-state index in [0.717, 1.165) is 23.5 Å². The van der Waals surface area contributed by atoms with E-state index in [1.54, 1.807) is 31.3 Å². The Kier molecular flexibility index (Phi) is 6.08. The number of ether oxygens (including phenoxy) is 2. The molecular formula is C24H22ClN5O4S. The van der Waals surface area contributed by atoms with E-state index in [1.165, 1.54) is 12.3 Å². The topological polar surface area (TPSA) is 107 Å². The molecule has 9 nitrogen and oxygen atoms in total. The lowest BCUT2D eigenvalue weighted by atomic mass is 10.1. The summed E-state index contributed by atoms with van der Waals surface area (Å²) in [6.07, 6.45) is 3.09. The Balaban J connectivity index is 1.48. The second-order valence-electron chi connectivity index (χ2n) is 8.07. The van der Waals surface area contributed by atoms with Crippen molar-refractivity contribution < 1.29 is 17.9 Å². The van der Waals surface area contributed by atoms with E-state index in [4.69, 9.17) is 21.1 Å². The zero-order valence-corrected chi connectivity index (χ0v) is 20.6. The van der Waals surface area contributed by atoms with Gasteiger partial charge in [0.1, 0.15) is 24.5 Å². The first-order chi connectivity index (χ1) is 16.8. The Labute approximate surface area is 207 Å². The number of anilines is 2. The summed E-state index contributed by atoms with van der Waals surface area (Å²) in [5.41, 5.74) is 3.22. The smallest absolute Gasteiger partial charge is 0.263 e. The highest BCUT2D eigenvalue weighted by atomic mass is 35.5. The van der Waals surface area contributed by atoms with Crippen LogP contribution in [0, 0.1) is 6.92 Å². The lowest BCUT2D eigenvalue weighted by Crippen LogP contribution is -2.28. The maximum Gasteiger partial charge on any atom is 0.263 e. The number of hydrogen-bond donors (Lipinski definition) is 1. The van der Waals surface area contributed by atoms with Crippen LogP contribution in [0.25, 0.3) is 11.0 Å². The quantitative estimate of drug-likeness (QED) is 0.410. The van der Waals surface area contributed by atoms with Crippen molar-refractivity contribution in [3.8, 4) is 11.6 Å². The molecule has 3 heterocycles. The van der Waals surface area contributed by atoms with Gasteiger partial charge >= 0.3 is 0 Å². The minimum atomic E-state index is -4.02. The van der Waals surface area contributed by atoms with Crippen LogP contribution in [-0.4, -0.2) is 43.6 Å². The number of sulfonamides is 1. The van der Waals surface area contributed by atoms with E-state index in [1.807, 2.05) is 25.2 Å². The number of hydrogen-bond acceptors (Lipinski definition) is 8. The highest BCUT2D eigenvalue weighted by Crippen LogP contribution is 2.33. The summed E-state index contributed by atoms with van der Waals surface area (Å²) in [5, 5.41) is 0.346. The number of rotatable bonds is 6. The van der Waals surface area contributed by atoms with Gasteiger partial charge in [-0.05, 0) is 48.4 Å². The van der Waals surface area contributed by atoms with Gasteiger partial charge in [-0.3, -0.25) is 9.71 Å². The largest absolute Gasteiger partial charge is 0.490 e. The SMILES string of the molecule is Cc1c(Cl)cccc1S(=O)(=O)Nc1nc2cnccc2nc1OCc1ccc2c(c1)OCCN2C. The highest BCUT2D eigenvalue weighted by molar-refractivity contribution is 7.92. The predicted octanol–water partition coefficient (Wildman–Crippen LogP) is 4.20. The van der Waals surface area contributed by atoms with Gasteiger partial charge in [0.05, 0.1) is 28.8 Å². The molecule has 2 aromatic carbocycles. The molecule has 180 valence electrons. The molecule has 0 saturated heterocycles. The lowest BCUT2D eigenvalue weighted by molar-refractivity contribution is 0.290. The van der Waals surface area contributed by atoms with Gasteiger partial charge in [-0.15, -0.1) is 0 Å². The summed E-state index contributed by atoms with van der Waals surface area (Å²) in [6, 6.07) is 12.2. The Morgan fingerprint density at radius 1 is 1.17 bits per heavy atom. The van der Waals surface area contributed by atoms with E-state index < -0.39 is 10.0 Å². The van der Waals surface area contributed by atoms with Gasteiger partial charge in [0.2, 0.25) is 5.82 Å². The second kappa shape index (κ2) is 9.20. The molecule has 0 bridgehead atoms. The van der Waals surface area contributed by atoms with Gasteiger partial charge in [-0.1, -0.05) is 23.7 Å². The molecule has 0 saturated carbocycles.